The van der Waals surface area contributed by atoms with Crippen molar-refractivity contribution in [1.29, 1.82) is 5.26 Å². The molecule has 0 aliphatic rings. The molecular formula is C13H6BrClF2N2. The lowest BCUT2D eigenvalue weighted by Crippen LogP contribution is -1.96. The maximum absolute atomic E-state index is 13.6. The number of rotatable bonds is 2. The number of hydrogen-bond donors (Lipinski definition) is 1. The third kappa shape index (κ3) is 3.22. The van der Waals surface area contributed by atoms with Crippen LogP contribution in [0.1, 0.15) is 5.56 Å². The standard InChI is InChI=1S/C13H6BrClF2N2/c14-8-1-7(6-18)2-10(3-8)19-13-11(15)4-9(16)5-12(13)17/h1-5,19H. The van der Waals surface area contributed by atoms with E-state index in [-0.39, 0.29) is 10.7 Å². The molecule has 96 valence electrons. The van der Waals surface area contributed by atoms with E-state index in [1.54, 1.807) is 12.1 Å². The van der Waals surface area contributed by atoms with Gasteiger partial charge in [-0.05, 0) is 24.3 Å². The zero-order chi connectivity index (χ0) is 14.0. The van der Waals surface area contributed by atoms with Crippen molar-refractivity contribution in [2.24, 2.45) is 0 Å². The van der Waals surface area contributed by atoms with Crippen LogP contribution in [-0.4, -0.2) is 0 Å². The molecule has 2 nitrogen and oxygen atoms in total. The summed E-state index contributed by atoms with van der Waals surface area (Å²) in [6.07, 6.45) is 0. The second-order valence-electron chi connectivity index (χ2n) is 3.71. The summed E-state index contributed by atoms with van der Waals surface area (Å²) in [5, 5.41) is 11.5. The van der Waals surface area contributed by atoms with E-state index in [4.69, 9.17) is 16.9 Å². The van der Waals surface area contributed by atoms with Crippen LogP contribution in [0.2, 0.25) is 5.02 Å². The van der Waals surface area contributed by atoms with Crippen molar-refractivity contribution in [3.63, 3.8) is 0 Å². The van der Waals surface area contributed by atoms with Crippen LogP contribution >= 0.6 is 27.5 Å². The first-order valence-corrected chi connectivity index (χ1v) is 6.29. The molecule has 0 heterocycles. The summed E-state index contributed by atoms with van der Waals surface area (Å²) in [6.45, 7) is 0. The molecule has 0 saturated heterocycles. The molecule has 0 atom stereocenters. The summed E-state index contributed by atoms with van der Waals surface area (Å²) < 4.78 is 27.2. The van der Waals surface area contributed by atoms with E-state index in [0.29, 0.717) is 15.7 Å². The fourth-order valence-electron chi connectivity index (χ4n) is 1.53. The lowest BCUT2D eigenvalue weighted by atomic mass is 10.2. The zero-order valence-electron chi connectivity index (χ0n) is 9.35. The van der Waals surface area contributed by atoms with Gasteiger partial charge in [-0.15, -0.1) is 0 Å². The molecule has 0 saturated carbocycles. The molecule has 2 aromatic rings. The van der Waals surface area contributed by atoms with Crippen molar-refractivity contribution >= 4 is 38.9 Å². The molecule has 0 spiro atoms. The van der Waals surface area contributed by atoms with Gasteiger partial charge in [0, 0.05) is 16.2 Å². The van der Waals surface area contributed by atoms with Crippen LogP contribution in [0.25, 0.3) is 0 Å². The van der Waals surface area contributed by atoms with Crippen LogP contribution in [0.4, 0.5) is 20.2 Å². The summed E-state index contributed by atoms with van der Waals surface area (Å²) in [6, 6.07) is 8.52. The van der Waals surface area contributed by atoms with Crippen molar-refractivity contribution in [2.75, 3.05) is 5.32 Å². The average Bonchev–Trinajstić information content (AvgIpc) is 2.33. The second kappa shape index (κ2) is 5.55. The van der Waals surface area contributed by atoms with E-state index in [2.05, 4.69) is 21.2 Å². The maximum Gasteiger partial charge on any atom is 0.151 e. The van der Waals surface area contributed by atoms with Crippen LogP contribution in [0.5, 0.6) is 0 Å². The topological polar surface area (TPSA) is 35.8 Å². The maximum atomic E-state index is 13.6. The summed E-state index contributed by atoms with van der Waals surface area (Å²) >= 11 is 9.02. The van der Waals surface area contributed by atoms with Crippen LogP contribution in [0, 0.1) is 23.0 Å². The van der Waals surface area contributed by atoms with E-state index < -0.39 is 11.6 Å². The Hall–Kier alpha value is -1.64. The Kier molecular flexibility index (Phi) is 4.03. The molecular weight excluding hydrogens is 338 g/mol. The van der Waals surface area contributed by atoms with Gasteiger partial charge in [0.25, 0.3) is 0 Å². The Morgan fingerprint density at radius 3 is 2.53 bits per heavy atom. The first-order valence-electron chi connectivity index (χ1n) is 5.12. The summed E-state index contributed by atoms with van der Waals surface area (Å²) in [5.41, 5.74) is 0.832. The normalized spacial score (nSPS) is 10.1. The molecule has 2 rings (SSSR count). The van der Waals surface area contributed by atoms with Crippen LogP contribution < -0.4 is 5.32 Å². The zero-order valence-corrected chi connectivity index (χ0v) is 11.7. The highest BCUT2D eigenvalue weighted by Gasteiger charge is 2.11. The van der Waals surface area contributed by atoms with E-state index in [9.17, 15) is 8.78 Å². The largest absolute Gasteiger partial charge is 0.352 e. The molecule has 1 N–H and O–H groups in total. The number of nitrogens with one attached hydrogen (secondary N) is 1. The molecule has 0 aliphatic heterocycles. The van der Waals surface area contributed by atoms with Crippen LogP contribution in [0.15, 0.2) is 34.8 Å². The Balaban J connectivity index is 2.42. The van der Waals surface area contributed by atoms with E-state index >= 15 is 0 Å². The van der Waals surface area contributed by atoms with Crippen molar-refractivity contribution in [1.82, 2.24) is 0 Å². The summed E-state index contributed by atoms with van der Waals surface area (Å²) in [5.74, 6) is -1.55. The Morgan fingerprint density at radius 2 is 1.89 bits per heavy atom. The van der Waals surface area contributed by atoms with Gasteiger partial charge < -0.3 is 5.32 Å². The van der Waals surface area contributed by atoms with E-state index in [1.165, 1.54) is 6.07 Å². The molecule has 6 heteroatoms. The fraction of sp³-hybridized carbons (Fsp3) is 0. The number of hydrogen-bond acceptors (Lipinski definition) is 2. The van der Waals surface area contributed by atoms with Gasteiger partial charge >= 0.3 is 0 Å². The predicted molar refractivity (Wildman–Crippen MR) is 73.5 cm³/mol. The number of nitrogens with zero attached hydrogens (tertiary/aromatic N) is 1. The highest BCUT2D eigenvalue weighted by Crippen LogP contribution is 2.30. The number of halogens is 4. The molecule has 19 heavy (non-hydrogen) atoms. The molecule has 0 fully saturated rings. The fourth-order valence-corrected chi connectivity index (χ4v) is 2.27. The van der Waals surface area contributed by atoms with Crippen molar-refractivity contribution in [3.8, 4) is 6.07 Å². The Morgan fingerprint density at radius 1 is 1.16 bits per heavy atom. The van der Waals surface area contributed by atoms with Crippen LogP contribution in [-0.2, 0) is 0 Å². The summed E-state index contributed by atoms with van der Waals surface area (Å²) in [4.78, 5) is 0. The monoisotopic (exact) mass is 342 g/mol. The van der Waals surface area contributed by atoms with Gasteiger partial charge in [0.2, 0.25) is 0 Å². The van der Waals surface area contributed by atoms with Gasteiger partial charge in [-0.1, -0.05) is 27.5 Å². The average molecular weight is 344 g/mol. The first-order chi connectivity index (χ1) is 8.99. The smallest absolute Gasteiger partial charge is 0.151 e. The lowest BCUT2D eigenvalue weighted by molar-refractivity contribution is 0.586. The number of benzene rings is 2. The lowest BCUT2D eigenvalue weighted by Gasteiger charge is -2.10. The molecule has 0 amide bonds. The van der Waals surface area contributed by atoms with Crippen molar-refractivity contribution in [2.45, 2.75) is 0 Å². The predicted octanol–water partition coefficient (Wildman–Crippen LogP) is 5.00. The first kappa shape index (κ1) is 13.8. The van der Waals surface area contributed by atoms with Crippen molar-refractivity contribution < 1.29 is 8.78 Å². The van der Waals surface area contributed by atoms with Gasteiger partial charge in [-0.25, -0.2) is 8.78 Å². The highest BCUT2D eigenvalue weighted by atomic mass is 79.9. The Bertz CT molecular complexity index is 660. The quantitative estimate of drug-likeness (QED) is 0.833. The summed E-state index contributed by atoms with van der Waals surface area (Å²) in [7, 11) is 0. The van der Waals surface area contributed by atoms with Gasteiger partial charge in [0.1, 0.15) is 5.82 Å². The second-order valence-corrected chi connectivity index (χ2v) is 5.03. The van der Waals surface area contributed by atoms with Gasteiger partial charge in [0.05, 0.1) is 22.3 Å². The Labute approximate surface area is 121 Å². The minimum absolute atomic E-state index is 0.0370. The number of anilines is 2. The molecule has 0 unspecified atom stereocenters. The third-order valence-electron chi connectivity index (χ3n) is 2.30. The highest BCUT2D eigenvalue weighted by molar-refractivity contribution is 9.10. The third-order valence-corrected chi connectivity index (χ3v) is 3.06. The van der Waals surface area contributed by atoms with Gasteiger partial charge in [-0.3, -0.25) is 0 Å². The minimum atomic E-state index is -0.802. The molecule has 0 aromatic heterocycles. The van der Waals surface area contributed by atoms with E-state index in [1.807, 2.05) is 6.07 Å². The van der Waals surface area contributed by atoms with Gasteiger partial charge in [0.15, 0.2) is 5.82 Å². The number of nitriles is 1. The van der Waals surface area contributed by atoms with Crippen LogP contribution in [0.3, 0.4) is 0 Å². The van der Waals surface area contributed by atoms with Gasteiger partial charge in [-0.2, -0.15) is 5.26 Å². The SMILES string of the molecule is N#Cc1cc(Br)cc(Nc2c(F)cc(F)cc2Cl)c1. The minimum Gasteiger partial charge on any atom is -0.352 e. The molecule has 2 aromatic carbocycles. The van der Waals surface area contributed by atoms with E-state index in [0.717, 1.165) is 12.1 Å². The molecule has 0 bridgehead atoms. The molecule has 0 aliphatic carbocycles. The molecule has 0 radical (unpaired) electrons. The van der Waals surface area contributed by atoms with Crippen molar-refractivity contribution in [3.05, 3.63) is 57.0 Å².